The quantitative estimate of drug-likeness (QED) is 0.602. The summed E-state index contributed by atoms with van der Waals surface area (Å²) in [5, 5.41) is 0.736. The fourth-order valence-electron chi connectivity index (χ4n) is 1.62. The number of nitrogen functional groups attached to an aromatic ring is 1. The predicted octanol–water partition coefficient (Wildman–Crippen LogP) is 2.78. The molecule has 1 rings (SSSR count). The van der Waals surface area contributed by atoms with Gasteiger partial charge in [-0.15, -0.1) is 0 Å². The summed E-state index contributed by atoms with van der Waals surface area (Å²) in [7, 11) is 0. The van der Waals surface area contributed by atoms with Crippen LogP contribution in [0.4, 0.5) is 5.69 Å². The zero-order valence-electron chi connectivity index (χ0n) is 10.6. The van der Waals surface area contributed by atoms with Gasteiger partial charge in [-0.05, 0) is 31.2 Å². The first kappa shape index (κ1) is 14.3. The molecule has 0 saturated heterocycles. The highest BCUT2D eigenvalue weighted by Crippen LogP contribution is 2.20. The van der Waals surface area contributed by atoms with Crippen molar-refractivity contribution in [2.75, 3.05) is 32.0 Å². The van der Waals surface area contributed by atoms with Crippen molar-refractivity contribution in [2.24, 2.45) is 0 Å². The molecule has 0 saturated carbocycles. The maximum Gasteiger partial charge on any atom is 0.0593 e. The average Bonchev–Trinajstić information content (AvgIpc) is 2.31. The van der Waals surface area contributed by atoms with Crippen LogP contribution < -0.4 is 5.73 Å². The topological polar surface area (TPSA) is 38.5 Å². The van der Waals surface area contributed by atoms with E-state index in [-0.39, 0.29) is 0 Å². The first-order chi connectivity index (χ1) is 8.17. The van der Waals surface area contributed by atoms with Crippen molar-refractivity contribution in [1.29, 1.82) is 0 Å². The van der Waals surface area contributed by atoms with E-state index in [4.69, 9.17) is 22.1 Å². The molecule has 0 spiro atoms. The summed E-state index contributed by atoms with van der Waals surface area (Å²) < 4.78 is 5.36. The van der Waals surface area contributed by atoms with Gasteiger partial charge in [-0.25, -0.2) is 0 Å². The third-order valence-corrected chi connectivity index (χ3v) is 3.03. The molecule has 0 heterocycles. The van der Waals surface area contributed by atoms with E-state index in [0.29, 0.717) is 5.69 Å². The molecule has 0 unspecified atom stereocenters. The molecule has 0 amide bonds. The van der Waals surface area contributed by atoms with Crippen molar-refractivity contribution in [3.63, 3.8) is 0 Å². The second kappa shape index (κ2) is 7.54. The Balaban J connectivity index is 2.54. The average molecular weight is 257 g/mol. The van der Waals surface area contributed by atoms with Gasteiger partial charge in [0.15, 0.2) is 0 Å². The van der Waals surface area contributed by atoms with Crippen LogP contribution in [0.25, 0.3) is 0 Å². The standard InChI is InChI=1S/C13H21ClN2O/c1-3-16(7-8-17-4-2)10-11-5-6-12(15)9-13(11)14/h5-6,9H,3-4,7-8,10,15H2,1-2H3. The van der Waals surface area contributed by atoms with Gasteiger partial charge in [0.1, 0.15) is 0 Å². The lowest BCUT2D eigenvalue weighted by molar-refractivity contribution is 0.113. The van der Waals surface area contributed by atoms with Gasteiger partial charge in [-0.2, -0.15) is 0 Å². The van der Waals surface area contributed by atoms with Gasteiger partial charge in [-0.3, -0.25) is 4.90 Å². The maximum absolute atomic E-state index is 6.15. The van der Waals surface area contributed by atoms with Crippen LogP contribution in [0.1, 0.15) is 19.4 Å². The van der Waals surface area contributed by atoms with Crippen LogP contribution in [0, 0.1) is 0 Å². The molecule has 0 aliphatic heterocycles. The number of hydrogen-bond donors (Lipinski definition) is 1. The minimum absolute atomic E-state index is 0.705. The third kappa shape index (κ3) is 4.94. The van der Waals surface area contributed by atoms with E-state index in [2.05, 4.69) is 11.8 Å². The fourth-order valence-corrected chi connectivity index (χ4v) is 1.87. The minimum atomic E-state index is 0.705. The number of nitrogens with two attached hydrogens (primary N) is 1. The van der Waals surface area contributed by atoms with E-state index >= 15 is 0 Å². The Labute approximate surface area is 109 Å². The van der Waals surface area contributed by atoms with Crippen molar-refractivity contribution >= 4 is 17.3 Å². The molecule has 0 aromatic heterocycles. The Morgan fingerprint density at radius 1 is 1.35 bits per heavy atom. The molecule has 4 heteroatoms. The minimum Gasteiger partial charge on any atom is -0.399 e. The van der Waals surface area contributed by atoms with Crippen LogP contribution in [0.15, 0.2) is 18.2 Å². The Hall–Kier alpha value is -0.770. The monoisotopic (exact) mass is 256 g/mol. The SMILES string of the molecule is CCOCCN(CC)Cc1ccc(N)cc1Cl. The van der Waals surface area contributed by atoms with E-state index < -0.39 is 0 Å². The first-order valence-corrected chi connectivity index (χ1v) is 6.39. The molecule has 0 radical (unpaired) electrons. The molecule has 2 N–H and O–H groups in total. The van der Waals surface area contributed by atoms with Gasteiger partial charge in [0.2, 0.25) is 0 Å². The summed E-state index contributed by atoms with van der Waals surface area (Å²) in [5.41, 5.74) is 7.49. The van der Waals surface area contributed by atoms with Gasteiger partial charge in [0, 0.05) is 30.4 Å². The summed E-state index contributed by atoms with van der Waals surface area (Å²) in [6.45, 7) is 8.41. The second-order valence-corrected chi connectivity index (χ2v) is 4.32. The van der Waals surface area contributed by atoms with Crippen molar-refractivity contribution in [3.8, 4) is 0 Å². The Bertz CT molecular complexity index is 344. The molecule has 96 valence electrons. The van der Waals surface area contributed by atoms with Gasteiger partial charge in [-0.1, -0.05) is 24.6 Å². The molecule has 3 nitrogen and oxygen atoms in total. The highest BCUT2D eigenvalue weighted by Gasteiger charge is 2.07. The van der Waals surface area contributed by atoms with Crippen LogP contribution >= 0.6 is 11.6 Å². The number of likely N-dealkylation sites (N-methyl/N-ethyl adjacent to an activating group) is 1. The van der Waals surface area contributed by atoms with Crippen molar-refractivity contribution < 1.29 is 4.74 Å². The Morgan fingerprint density at radius 3 is 2.71 bits per heavy atom. The van der Waals surface area contributed by atoms with Gasteiger partial charge in [0.25, 0.3) is 0 Å². The predicted molar refractivity (Wildman–Crippen MR) is 73.3 cm³/mol. The second-order valence-electron chi connectivity index (χ2n) is 3.92. The largest absolute Gasteiger partial charge is 0.399 e. The molecule has 0 aliphatic rings. The molecule has 0 fully saturated rings. The van der Waals surface area contributed by atoms with Crippen LogP contribution in [-0.4, -0.2) is 31.2 Å². The van der Waals surface area contributed by atoms with Gasteiger partial charge >= 0.3 is 0 Å². The highest BCUT2D eigenvalue weighted by molar-refractivity contribution is 6.31. The lowest BCUT2D eigenvalue weighted by Crippen LogP contribution is -2.27. The van der Waals surface area contributed by atoms with Crippen LogP contribution in [0.2, 0.25) is 5.02 Å². The number of nitrogens with zero attached hydrogens (tertiary/aromatic N) is 1. The highest BCUT2D eigenvalue weighted by atomic mass is 35.5. The van der Waals surface area contributed by atoms with E-state index in [1.807, 2.05) is 19.1 Å². The fraction of sp³-hybridized carbons (Fsp3) is 0.538. The van der Waals surface area contributed by atoms with E-state index in [1.54, 1.807) is 6.07 Å². The summed E-state index contributed by atoms with van der Waals surface area (Å²) in [4.78, 5) is 2.30. The van der Waals surface area contributed by atoms with Crippen molar-refractivity contribution in [2.45, 2.75) is 20.4 Å². The number of hydrogen-bond acceptors (Lipinski definition) is 3. The number of anilines is 1. The zero-order chi connectivity index (χ0) is 12.7. The Kier molecular flexibility index (Phi) is 6.34. The lowest BCUT2D eigenvalue weighted by Gasteiger charge is -2.21. The van der Waals surface area contributed by atoms with Crippen molar-refractivity contribution in [3.05, 3.63) is 28.8 Å². The van der Waals surface area contributed by atoms with Crippen LogP contribution in [0.3, 0.4) is 0 Å². The van der Waals surface area contributed by atoms with E-state index in [9.17, 15) is 0 Å². The van der Waals surface area contributed by atoms with Crippen LogP contribution in [0.5, 0.6) is 0 Å². The molecular formula is C13H21ClN2O. The lowest BCUT2D eigenvalue weighted by atomic mass is 10.2. The van der Waals surface area contributed by atoms with Gasteiger partial charge in [0.05, 0.1) is 6.61 Å². The molecule has 0 atom stereocenters. The van der Waals surface area contributed by atoms with E-state index in [1.165, 1.54) is 0 Å². The smallest absolute Gasteiger partial charge is 0.0593 e. The van der Waals surface area contributed by atoms with Crippen LogP contribution in [-0.2, 0) is 11.3 Å². The first-order valence-electron chi connectivity index (χ1n) is 6.01. The van der Waals surface area contributed by atoms with E-state index in [0.717, 1.165) is 43.4 Å². The molecule has 17 heavy (non-hydrogen) atoms. The maximum atomic E-state index is 6.15. The molecule has 1 aromatic rings. The summed E-state index contributed by atoms with van der Waals surface area (Å²) in [5.74, 6) is 0. The summed E-state index contributed by atoms with van der Waals surface area (Å²) >= 11 is 6.15. The molecule has 1 aromatic carbocycles. The van der Waals surface area contributed by atoms with Crippen molar-refractivity contribution in [1.82, 2.24) is 4.90 Å². The normalized spacial score (nSPS) is 11.1. The van der Waals surface area contributed by atoms with Gasteiger partial charge < -0.3 is 10.5 Å². The molecule has 0 bridgehead atoms. The summed E-state index contributed by atoms with van der Waals surface area (Å²) in [6, 6.07) is 5.67. The summed E-state index contributed by atoms with van der Waals surface area (Å²) in [6.07, 6.45) is 0. The number of halogens is 1. The number of benzene rings is 1. The number of ether oxygens (including phenoxy) is 1. The Morgan fingerprint density at radius 2 is 2.12 bits per heavy atom. The number of rotatable bonds is 7. The molecular weight excluding hydrogens is 236 g/mol. The third-order valence-electron chi connectivity index (χ3n) is 2.67. The zero-order valence-corrected chi connectivity index (χ0v) is 11.3. The molecule has 0 aliphatic carbocycles.